The van der Waals surface area contributed by atoms with Gasteiger partial charge in [-0.3, -0.25) is 9.69 Å². The molecule has 5 nitrogen and oxygen atoms in total. The molecule has 0 spiro atoms. The highest BCUT2D eigenvalue weighted by molar-refractivity contribution is 8.18. The van der Waals surface area contributed by atoms with Gasteiger partial charge in [0.2, 0.25) is 0 Å². The number of hydrogen-bond acceptors (Lipinski definition) is 5. The number of carbonyl (C=O) groups excluding carboxylic acids is 1. The van der Waals surface area contributed by atoms with Crippen LogP contribution >= 0.6 is 11.8 Å². The van der Waals surface area contributed by atoms with Gasteiger partial charge in [-0.2, -0.15) is 0 Å². The smallest absolute Gasteiger partial charge is 0.267 e. The number of rotatable bonds is 7. The average Bonchev–Trinajstić information content (AvgIpc) is 3.09. The summed E-state index contributed by atoms with van der Waals surface area (Å²) in [6, 6.07) is 21.6. The highest BCUT2D eigenvalue weighted by Gasteiger charge is 2.33. The second kappa shape index (κ2) is 10.3. The third-order valence-electron chi connectivity index (χ3n) is 5.00. The van der Waals surface area contributed by atoms with E-state index in [1.165, 1.54) is 17.3 Å². The Balaban J connectivity index is 1.60. The third kappa shape index (κ3) is 5.59. The van der Waals surface area contributed by atoms with E-state index in [2.05, 4.69) is 47.7 Å². The first-order chi connectivity index (χ1) is 16.0. The number of nitrogens with zero attached hydrogens (tertiary/aromatic N) is 3. The molecule has 1 saturated heterocycles. The Morgan fingerprint density at radius 1 is 1.06 bits per heavy atom. The fourth-order valence-corrected chi connectivity index (χ4v) is 4.28. The average molecular weight is 456 g/mol. The van der Waals surface area contributed by atoms with Crippen LogP contribution in [0.4, 0.5) is 5.82 Å². The molecule has 166 valence electrons. The number of carbonyl (C=O) groups is 1. The Kier molecular flexibility index (Phi) is 7.05. The Hall–Kier alpha value is -3.64. The minimum atomic E-state index is -0.111. The normalized spacial score (nSPS) is 15.9. The van der Waals surface area contributed by atoms with Crippen LogP contribution in [0.1, 0.15) is 22.4 Å². The number of amidine groups is 1. The molecule has 0 bridgehead atoms. The van der Waals surface area contributed by atoms with Crippen molar-refractivity contribution in [1.29, 1.82) is 0 Å². The third-order valence-corrected chi connectivity index (χ3v) is 6.01. The first kappa shape index (κ1) is 22.6. The molecular weight excluding hydrogens is 430 g/mol. The predicted molar refractivity (Wildman–Crippen MR) is 135 cm³/mol. The standard InChI is InChI=1S/C27H25N3O2S/c1-4-16-30-26(31)24(33-27(30)29-25-11-7-8-20(3)28-25)17-22-9-5-6-10-23(22)32-18-21-14-12-19(2)13-15-21/h4-15,17H,1,16,18H2,2-3H3/b24-17-,29-27+. The summed E-state index contributed by atoms with van der Waals surface area (Å²) < 4.78 is 6.08. The number of aliphatic imine (C=N–C) groups is 1. The SMILES string of the molecule is C=CCN1C(=O)/C(=C/c2ccccc2OCc2ccc(C)cc2)S/C1=N/c1cccc(C)n1. The molecule has 1 aromatic heterocycles. The van der Waals surface area contributed by atoms with Crippen molar-refractivity contribution in [3.8, 4) is 5.75 Å². The van der Waals surface area contributed by atoms with Crippen LogP contribution in [-0.2, 0) is 11.4 Å². The molecule has 2 aromatic carbocycles. The fourth-order valence-electron chi connectivity index (χ4n) is 3.29. The molecule has 0 unspecified atom stereocenters. The van der Waals surface area contributed by atoms with E-state index in [1.54, 1.807) is 11.0 Å². The zero-order chi connectivity index (χ0) is 23.2. The Morgan fingerprint density at radius 2 is 1.85 bits per heavy atom. The molecular formula is C27H25N3O2S. The van der Waals surface area contributed by atoms with Gasteiger partial charge in [0.05, 0.1) is 4.91 Å². The van der Waals surface area contributed by atoms with Gasteiger partial charge in [-0.1, -0.05) is 60.2 Å². The van der Waals surface area contributed by atoms with E-state index in [9.17, 15) is 4.79 Å². The lowest BCUT2D eigenvalue weighted by Gasteiger charge is -2.12. The van der Waals surface area contributed by atoms with Gasteiger partial charge in [0.15, 0.2) is 11.0 Å². The second-order valence-electron chi connectivity index (χ2n) is 7.66. The summed E-state index contributed by atoms with van der Waals surface area (Å²) in [5.74, 6) is 1.18. The van der Waals surface area contributed by atoms with Crippen LogP contribution in [-0.4, -0.2) is 27.5 Å². The van der Waals surface area contributed by atoms with Crippen molar-refractivity contribution >= 4 is 34.7 Å². The minimum absolute atomic E-state index is 0.111. The van der Waals surface area contributed by atoms with Crippen LogP contribution in [0.3, 0.4) is 0 Å². The van der Waals surface area contributed by atoms with Crippen molar-refractivity contribution in [2.75, 3.05) is 6.54 Å². The van der Waals surface area contributed by atoms with E-state index < -0.39 is 0 Å². The molecule has 4 rings (SSSR count). The lowest BCUT2D eigenvalue weighted by molar-refractivity contribution is -0.121. The van der Waals surface area contributed by atoms with E-state index >= 15 is 0 Å². The number of aromatic nitrogens is 1. The number of hydrogen-bond donors (Lipinski definition) is 0. The molecule has 0 N–H and O–H groups in total. The van der Waals surface area contributed by atoms with Crippen molar-refractivity contribution in [3.05, 3.63) is 107 Å². The summed E-state index contributed by atoms with van der Waals surface area (Å²) in [4.78, 5) is 24.4. The van der Waals surface area contributed by atoms with Crippen molar-refractivity contribution in [2.45, 2.75) is 20.5 Å². The van der Waals surface area contributed by atoms with Gasteiger partial charge in [-0.25, -0.2) is 9.98 Å². The van der Waals surface area contributed by atoms with Crippen LogP contribution in [0.15, 0.2) is 89.3 Å². The lowest BCUT2D eigenvalue weighted by Crippen LogP contribution is -2.29. The summed E-state index contributed by atoms with van der Waals surface area (Å²) in [6.07, 6.45) is 3.55. The summed E-state index contributed by atoms with van der Waals surface area (Å²) in [5, 5.41) is 0.585. The zero-order valence-corrected chi connectivity index (χ0v) is 19.5. The van der Waals surface area contributed by atoms with Gasteiger partial charge in [-0.05, 0) is 55.4 Å². The van der Waals surface area contributed by atoms with Gasteiger partial charge in [0.1, 0.15) is 12.4 Å². The maximum Gasteiger partial charge on any atom is 0.267 e. The Bertz CT molecular complexity index is 1230. The summed E-state index contributed by atoms with van der Waals surface area (Å²) in [7, 11) is 0. The highest BCUT2D eigenvalue weighted by atomic mass is 32.2. The van der Waals surface area contributed by atoms with Crippen molar-refractivity contribution in [3.63, 3.8) is 0 Å². The highest BCUT2D eigenvalue weighted by Crippen LogP contribution is 2.35. The summed E-state index contributed by atoms with van der Waals surface area (Å²) >= 11 is 1.33. The van der Waals surface area contributed by atoms with Gasteiger partial charge in [0, 0.05) is 17.8 Å². The van der Waals surface area contributed by atoms with Crippen molar-refractivity contribution < 1.29 is 9.53 Å². The number of thioether (sulfide) groups is 1. The monoisotopic (exact) mass is 455 g/mol. The van der Waals surface area contributed by atoms with Crippen LogP contribution in [0.5, 0.6) is 5.75 Å². The van der Waals surface area contributed by atoms with Crippen LogP contribution in [0.2, 0.25) is 0 Å². The molecule has 33 heavy (non-hydrogen) atoms. The van der Waals surface area contributed by atoms with E-state index in [-0.39, 0.29) is 5.91 Å². The molecule has 6 heteroatoms. The molecule has 3 aromatic rings. The van der Waals surface area contributed by atoms with E-state index in [4.69, 9.17) is 4.74 Å². The van der Waals surface area contributed by atoms with Gasteiger partial charge in [0.25, 0.3) is 5.91 Å². The quantitative estimate of drug-likeness (QED) is 0.321. The number of para-hydroxylation sites is 1. The minimum Gasteiger partial charge on any atom is -0.488 e. The fraction of sp³-hybridized carbons (Fsp3) is 0.148. The van der Waals surface area contributed by atoms with E-state index in [1.807, 2.05) is 55.5 Å². The molecule has 1 aliphatic heterocycles. The van der Waals surface area contributed by atoms with Crippen LogP contribution < -0.4 is 4.74 Å². The Morgan fingerprint density at radius 3 is 2.61 bits per heavy atom. The molecule has 1 amide bonds. The zero-order valence-electron chi connectivity index (χ0n) is 18.7. The van der Waals surface area contributed by atoms with Gasteiger partial charge < -0.3 is 4.74 Å². The number of benzene rings is 2. The predicted octanol–water partition coefficient (Wildman–Crippen LogP) is 6.07. The second-order valence-corrected chi connectivity index (χ2v) is 8.67. The molecule has 1 fully saturated rings. The molecule has 0 atom stereocenters. The maximum atomic E-state index is 13.1. The first-order valence-electron chi connectivity index (χ1n) is 10.7. The van der Waals surface area contributed by atoms with Crippen molar-refractivity contribution in [1.82, 2.24) is 9.88 Å². The maximum absolute atomic E-state index is 13.1. The summed E-state index contributed by atoms with van der Waals surface area (Å²) in [6.45, 7) is 8.59. The molecule has 0 saturated carbocycles. The molecule has 0 radical (unpaired) electrons. The van der Waals surface area contributed by atoms with Crippen LogP contribution in [0, 0.1) is 13.8 Å². The molecule has 2 heterocycles. The number of amides is 1. The lowest BCUT2D eigenvalue weighted by atomic mass is 10.1. The number of pyridine rings is 1. The number of ether oxygens (including phenoxy) is 1. The van der Waals surface area contributed by atoms with E-state index in [0.717, 1.165) is 22.6 Å². The van der Waals surface area contributed by atoms with Gasteiger partial charge in [-0.15, -0.1) is 6.58 Å². The first-order valence-corrected chi connectivity index (χ1v) is 11.5. The van der Waals surface area contributed by atoms with Crippen LogP contribution in [0.25, 0.3) is 6.08 Å². The topological polar surface area (TPSA) is 54.8 Å². The Labute approximate surface area is 198 Å². The van der Waals surface area contributed by atoms with Crippen molar-refractivity contribution in [2.24, 2.45) is 4.99 Å². The molecule has 0 aliphatic carbocycles. The largest absolute Gasteiger partial charge is 0.488 e. The number of aryl methyl sites for hydroxylation is 2. The summed E-state index contributed by atoms with van der Waals surface area (Å²) in [5.41, 5.74) is 4.01. The van der Waals surface area contributed by atoms with Gasteiger partial charge >= 0.3 is 0 Å². The molecule has 1 aliphatic rings. The van der Waals surface area contributed by atoms with E-state index in [0.29, 0.717) is 29.0 Å².